The summed E-state index contributed by atoms with van der Waals surface area (Å²) in [7, 11) is 1.73. The Morgan fingerprint density at radius 1 is 0.952 bits per heavy atom. The van der Waals surface area contributed by atoms with Gasteiger partial charge in [0.1, 0.15) is 11.6 Å². The van der Waals surface area contributed by atoms with Gasteiger partial charge in [-0.15, -0.1) is 0 Å². The van der Waals surface area contributed by atoms with Crippen LogP contribution in [0.5, 0.6) is 0 Å². The van der Waals surface area contributed by atoms with Gasteiger partial charge in [0.15, 0.2) is 0 Å². The third-order valence-electron chi connectivity index (χ3n) is 3.67. The van der Waals surface area contributed by atoms with Gasteiger partial charge in [-0.05, 0) is 56.6 Å². The summed E-state index contributed by atoms with van der Waals surface area (Å²) in [5, 5.41) is 2.87. The SMILES string of the molecule is CNC(c1cc(F)c(Cl)cc1F)c1c(C)cc(C)cc1C. The largest absolute Gasteiger partial charge is 0.309 e. The molecule has 0 radical (unpaired) electrons. The minimum absolute atomic E-state index is 0.205. The second kappa shape index (κ2) is 6.12. The van der Waals surface area contributed by atoms with Crippen LogP contribution in [0, 0.1) is 32.4 Å². The smallest absolute Gasteiger partial charge is 0.142 e. The molecule has 0 heterocycles. The Balaban J connectivity index is 2.63. The fraction of sp³-hybridized carbons (Fsp3) is 0.294. The van der Waals surface area contributed by atoms with E-state index in [9.17, 15) is 8.78 Å². The molecule has 2 rings (SSSR count). The lowest BCUT2D eigenvalue weighted by Gasteiger charge is -2.23. The van der Waals surface area contributed by atoms with Gasteiger partial charge in [-0.1, -0.05) is 29.3 Å². The quantitative estimate of drug-likeness (QED) is 0.799. The zero-order valence-electron chi connectivity index (χ0n) is 12.5. The lowest BCUT2D eigenvalue weighted by Crippen LogP contribution is -2.21. The van der Waals surface area contributed by atoms with Gasteiger partial charge >= 0.3 is 0 Å². The summed E-state index contributed by atoms with van der Waals surface area (Å²) in [6.45, 7) is 5.97. The molecule has 2 aromatic carbocycles. The maximum Gasteiger partial charge on any atom is 0.142 e. The molecule has 0 aliphatic heterocycles. The number of aryl methyl sites for hydroxylation is 3. The molecule has 21 heavy (non-hydrogen) atoms. The van der Waals surface area contributed by atoms with E-state index in [-0.39, 0.29) is 10.6 Å². The second-order valence-corrected chi connectivity index (χ2v) is 5.73. The molecule has 0 fully saturated rings. The van der Waals surface area contributed by atoms with Crippen LogP contribution in [0.3, 0.4) is 0 Å². The van der Waals surface area contributed by atoms with Gasteiger partial charge in [0.05, 0.1) is 11.1 Å². The van der Waals surface area contributed by atoms with Crippen molar-refractivity contribution in [2.24, 2.45) is 0 Å². The summed E-state index contributed by atoms with van der Waals surface area (Å²) < 4.78 is 27.9. The van der Waals surface area contributed by atoms with E-state index in [0.717, 1.165) is 34.4 Å². The van der Waals surface area contributed by atoms with Crippen LogP contribution in [0.1, 0.15) is 33.9 Å². The Labute approximate surface area is 128 Å². The molecule has 0 bridgehead atoms. The zero-order chi connectivity index (χ0) is 15.7. The van der Waals surface area contributed by atoms with Gasteiger partial charge in [0.25, 0.3) is 0 Å². The number of hydrogen-bond acceptors (Lipinski definition) is 1. The van der Waals surface area contributed by atoms with Crippen molar-refractivity contribution < 1.29 is 8.78 Å². The van der Waals surface area contributed by atoms with Crippen molar-refractivity contribution in [2.45, 2.75) is 26.8 Å². The first-order valence-electron chi connectivity index (χ1n) is 6.74. The molecular weight excluding hydrogens is 292 g/mol. The number of rotatable bonds is 3. The van der Waals surface area contributed by atoms with Crippen molar-refractivity contribution in [3.8, 4) is 0 Å². The highest BCUT2D eigenvalue weighted by Crippen LogP contribution is 2.32. The molecule has 0 aliphatic carbocycles. The Morgan fingerprint density at radius 3 is 2.05 bits per heavy atom. The monoisotopic (exact) mass is 309 g/mol. The van der Waals surface area contributed by atoms with Crippen LogP contribution in [0.15, 0.2) is 24.3 Å². The highest BCUT2D eigenvalue weighted by atomic mass is 35.5. The Morgan fingerprint density at radius 2 is 1.52 bits per heavy atom. The predicted molar refractivity (Wildman–Crippen MR) is 82.9 cm³/mol. The lowest BCUT2D eigenvalue weighted by atomic mass is 9.90. The Bertz CT molecular complexity index is 660. The van der Waals surface area contributed by atoms with Crippen molar-refractivity contribution in [1.82, 2.24) is 5.32 Å². The van der Waals surface area contributed by atoms with Crippen LogP contribution in [-0.4, -0.2) is 7.05 Å². The van der Waals surface area contributed by atoms with E-state index in [1.165, 1.54) is 0 Å². The van der Waals surface area contributed by atoms with E-state index >= 15 is 0 Å². The van der Waals surface area contributed by atoms with Gasteiger partial charge in [-0.25, -0.2) is 8.78 Å². The third kappa shape index (κ3) is 3.09. The molecule has 0 spiro atoms. The van der Waals surface area contributed by atoms with Crippen LogP contribution in [0.4, 0.5) is 8.78 Å². The maximum absolute atomic E-state index is 14.2. The van der Waals surface area contributed by atoms with Crippen LogP contribution in [0.25, 0.3) is 0 Å². The van der Waals surface area contributed by atoms with Crippen molar-refractivity contribution in [1.29, 1.82) is 0 Å². The van der Waals surface area contributed by atoms with E-state index in [0.29, 0.717) is 0 Å². The van der Waals surface area contributed by atoms with Gasteiger partial charge in [-0.2, -0.15) is 0 Å². The minimum Gasteiger partial charge on any atom is -0.309 e. The van der Waals surface area contributed by atoms with Crippen LogP contribution in [-0.2, 0) is 0 Å². The average Bonchev–Trinajstić information content (AvgIpc) is 2.38. The molecule has 1 unspecified atom stereocenters. The van der Waals surface area contributed by atoms with E-state index < -0.39 is 17.7 Å². The van der Waals surface area contributed by atoms with E-state index in [4.69, 9.17) is 11.6 Å². The molecule has 0 amide bonds. The van der Waals surface area contributed by atoms with Crippen LogP contribution >= 0.6 is 11.6 Å². The van der Waals surface area contributed by atoms with Crippen molar-refractivity contribution in [2.75, 3.05) is 7.05 Å². The van der Waals surface area contributed by atoms with Crippen LogP contribution in [0.2, 0.25) is 5.02 Å². The van der Waals surface area contributed by atoms with E-state index in [2.05, 4.69) is 5.32 Å². The first-order chi connectivity index (χ1) is 9.85. The Kier molecular flexibility index (Phi) is 4.64. The summed E-state index contributed by atoms with van der Waals surface area (Å²) in [6, 6.07) is 5.85. The minimum atomic E-state index is -0.615. The molecular formula is C17H18ClF2N. The topological polar surface area (TPSA) is 12.0 Å². The van der Waals surface area contributed by atoms with Gasteiger partial charge < -0.3 is 5.32 Å². The summed E-state index contributed by atoms with van der Waals surface area (Å²) >= 11 is 5.63. The number of hydrogen-bond donors (Lipinski definition) is 1. The molecule has 0 aromatic heterocycles. The van der Waals surface area contributed by atoms with Crippen molar-refractivity contribution in [3.63, 3.8) is 0 Å². The zero-order valence-corrected chi connectivity index (χ0v) is 13.3. The van der Waals surface area contributed by atoms with E-state index in [1.807, 2.05) is 32.9 Å². The van der Waals surface area contributed by atoms with Crippen LogP contribution < -0.4 is 5.32 Å². The van der Waals surface area contributed by atoms with Gasteiger partial charge in [-0.3, -0.25) is 0 Å². The average molecular weight is 310 g/mol. The molecule has 0 aliphatic rings. The summed E-state index contributed by atoms with van der Waals surface area (Å²) in [6.07, 6.45) is 0. The second-order valence-electron chi connectivity index (χ2n) is 5.32. The highest BCUT2D eigenvalue weighted by Gasteiger charge is 2.22. The van der Waals surface area contributed by atoms with Gasteiger partial charge in [0.2, 0.25) is 0 Å². The fourth-order valence-electron chi connectivity index (χ4n) is 2.86. The molecule has 1 nitrogen and oxygen atoms in total. The molecule has 1 atom stereocenters. The lowest BCUT2D eigenvalue weighted by molar-refractivity contribution is 0.557. The molecule has 2 aromatic rings. The molecule has 4 heteroatoms. The number of benzene rings is 2. The number of nitrogens with one attached hydrogen (secondary N) is 1. The summed E-state index contributed by atoms with van der Waals surface area (Å²) in [5.74, 6) is -1.13. The third-order valence-corrected chi connectivity index (χ3v) is 3.96. The standard InChI is InChI=1S/C17H18ClF2N/c1-9-5-10(2)16(11(3)6-9)17(21-4)12-7-15(20)13(18)8-14(12)19/h5-8,17,21H,1-4H3. The fourth-order valence-corrected chi connectivity index (χ4v) is 3.01. The molecule has 112 valence electrons. The molecule has 0 saturated heterocycles. The first kappa shape index (κ1) is 15.9. The molecule has 1 N–H and O–H groups in total. The van der Waals surface area contributed by atoms with Gasteiger partial charge in [0, 0.05) is 5.56 Å². The first-order valence-corrected chi connectivity index (χ1v) is 7.12. The highest BCUT2D eigenvalue weighted by molar-refractivity contribution is 6.30. The van der Waals surface area contributed by atoms with E-state index in [1.54, 1.807) is 7.05 Å². The number of halogens is 3. The normalized spacial score (nSPS) is 12.5. The van der Waals surface area contributed by atoms with Crippen molar-refractivity contribution >= 4 is 11.6 Å². The summed E-state index contributed by atoms with van der Waals surface area (Å²) in [5.41, 5.74) is 4.45. The Hall–Kier alpha value is -1.45. The van der Waals surface area contributed by atoms with Crippen molar-refractivity contribution in [3.05, 3.63) is 68.7 Å². The maximum atomic E-state index is 14.2. The summed E-state index contributed by atoms with van der Waals surface area (Å²) in [4.78, 5) is 0. The molecule has 0 saturated carbocycles. The predicted octanol–water partition coefficient (Wildman–Crippen LogP) is 4.85.